The highest BCUT2D eigenvalue weighted by molar-refractivity contribution is 5.98. The van der Waals surface area contributed by atoms with E-state index in [0.29, 0.717) is 36.0 Å². The van der Waals surface area contributed by atoms with E-state index in [0.717, 1.165) is 5.56 Å². The van der Waals surface area contributed by atoms with Gasteiger partial charge in [-0.25, -0.2) is 4.98 Å². The van der Waals surface area contributed by atoms with Crippen LogP contribution in [0.4, 0.5) is 11.5 Å². The third-order valence-electron chi connectivity index (χ3n) is 2.93. The summed E-state index contributed by atoms with van der Waals surface area (Å²) in [4.78, 5) is 15.6. The molecule has 0 spiro atoms. The van der Waals surface area contributed by atoms with Crippen LogP contribution in [0.2, 0.25) is 0 Å². The van der Waals surface area contributed by atoms with Crippen LogP contribution in [0.3, 0.4) is 0 Å². The number of carbonyl (C=O) groups is 1. The number of aryl methyl sites for hydroxylation is 1. The monoisotopic (exact) mass is 286 g/mol. The number of nitrogens with zero attached hydrogens (tertiary/aromatic N) is 1. The minimum Gasteiger partial charge on any atom is -0.492 e. The Morgan fingerprint density at radius 2 is 2.19 bits per heavy atom. The number of pyridine rings is 1. The SMILES string of the molecule is Cc1ccnc(NCCOc2cccc(N)c2)c1C(N)=O. The first-order valence-electron chi connectivity index (χ1n) is 6.55. The molecule has 1 aromatic carbocycles. The molecular formula is C15H18N4O2. The number of rotatable bonds is 6. The molecule has 2 rings (SSSR count). The molecule has 0 bridgehead atoms. The quantitative estimate of drug-likeness (QED) is 0.552. The first kappa shape index (κ1) is 14.6. The maximum atomic E-state index is 11.4. The predicted molar refractivity (Wildman–Crippen MR) is 82.3 cm³/mol. The number of carbonyl (C=O) groups excluding carboxylic acids is 1. The first-order valence-corrected chi connectivity index (χ1v) is 6.55. The summed E-state index contributed by atoms with van der Waals surface area (Å²) in [6.07, 6.45) is 1.63. The lowest BCUT2D eigenvalue weighted by Crippen LogP contribution is -2.19. The molecule has 1 aromatic heterocycles. The van der Waals surface area contributed by atoms with Crippen molar-refractivity contribution in [2.75, 3.05) is 24.2 Å². The van der Waals surface area contributed by atoms with E-state index >= 15 is 0 Å². The molecule has 0 aliphatic rings. The van der Waals surface area contributed by atoms with Crippen molar-refractivity contribution in [3.05, 3.63) is 47.7 Å². The van der Waals surface area contributed by atoms with Gasteiger partial charge < -0.3 is 21.5 Å². The van der Waals surface area contributed by atoms with Crippen molar-refractivity contribution in [1.82, 2.24) is 4.98 Å². The smallest absolute Gasteiger partial charge is 0.252 e. The van der Waals surface area contributed by atoms with E-state index in [4.69, 9.17) is 16.2 Å². The zero-order valence-electron chi connectivity index (χ0n) is 11.8. The summed E-state index contributed by atoms with van der Waals surface area (Å²) in [6.45, 7) is 2.72. The fourth-order valence-electron chi connectivity index (χ4n) is 1.95. The zero-order chi connectivity index (χ0) is 15.2. The van der Waals surface area contributed by atoms with Gasteiger partial charge in [-0.15, -0.1) is 0 Å². The van der Waals surface area contributed by atoms with E-state index in [1.165, 1.54) is 0 Å². The number of nitrogen functional groups attached to an aromatic ring is 1. The van der Waals surface area contributed by atoms with Gasteiger partial charge in [0.2, 0.25) is 0 Å². The molecule has 2 aromatic rings. The van der Waals surface area contributed by atoms with Crippen molar-refractivity contribution >= 4 is 17.4 Å². The van der Waals surface area contributed by atoms with Crippen LogP contribution in [0, 0.1) is 6.92 Å². The minimum absolute atomic E-state index is 0.404. The van der Waals surface area contributed by atoms with Crippen LogP contribution < -0.4 is 21.5 Å². The molecule has 6 nitrogen and oxygen atoms in total. The Hall–Kier alpha value is -2.76. The molecule has 0 saturated heterocycles. The molecular weight excluding hydrogens is 268 g/mol. The van der Waals surface area contributed by atoms with Crippen molar-refractivity contribution < 1.29 is 9.53 Å². The van der Waals surface area contributed by atoms with Crippen molar-refractivity contribution in [3.8, 4) is 5.75 Å². The third kappa shape index (κ3) is 3.85. The van der Waals surface area contributed by atoms with Gasteiger partial charge in [0.1, 0.15) is 18.2 Å². The average molecular weight is 286 g/mol. The van der Waals surface area contributed by atoms with E-state index in [2.05, 4.69) is 10.3 Å². The van der Waals surface area contributed by atoms with E-state index in [9.17, 15) is 4.79 Å². The summed E-state index contributed by atoms with van der Waals surface area (Å²) in [6, 6.07) is 8.94. The molecule has 6 heteroatoms. The number of ether oxygens (including phenoxy) is 1. The number of hydrogen-bond acceptors (Lipinski definition) is 5. The van der Waals surface area contributed by atoms with Gasteiger partial charge in [-0.05, 0) is 30.7 Å². The number of anilines is 2. The second-order valence-electron chi connectivity index (χ2n) is 4.56. The highest BCUT2D eigenvalue weighted by Crippen LogP contribution is 2.16. The second-order valence-corrected chi connectivity index (χ2v) is 4.56. The van der Waals surface area contributed by atoms with E-state index < -0.39 is 5.91 Å². The van der Waals surface area contributed by atoms with Gasteiger partial charge in [-0.1, -0.05) is 6.07 Å². The fraction of sp³-hybridized carbons (Fsp3) is 0.200. The van der Waals surface area contributed by atoms with Gasteiger partial charge >= 0.3 is 0 Å². The average Bonchev–Trinajstić information content (AvgIpc) is 2.43. The molecule has 1 amide bonds. The number of nitrogens with two attached hydrogens (primary N) is 2. The van der Waals surface area contributed by atoms with Crippen LogP contribution >= 0.6 is 0 Å². The minimum atomic E-state index is -0.500. The lowest BCUT2D eigenvalue weighted by molar-refractivity contribution is 0.1000. The lowest BCUT2D eigenvalue weighted by Gasteiger charge is -2.11. The van der Waals surface area contributed by atoms with E-state index in [-0.39, 0.29) is 0 Å². The lowest BCUT2D eigenvalue weighted by atomic mass is 10.1. The van der Waals surface area contributed by atoms with Gasteiger partial charge in [0.25, 0.3) is 5.91 Å². The van der Waals surface area contributed by atoms with Gasteiger partial charge in [-0.2, -0.15) is 0 Å². The summed E-state index contributed by atoms with van der Waals surface area (Å²) in [7, 11) is 0. The molecule has 110 valence electrons. The van der Waals surface area contributed by atoms with E-state index in [1.807, 2.05) is 19.1 Å². The molecule has 0 aliphatic carbocycles. The van der Waals surface area contributed by atoms with Crippen LogP contribution in [0.25, 0.3) is 0 Å². The van der Waals surface area contributed by atoms with E-state index in [1.54, 1.807) is 24.4 Å². The highest BCUT2D eigenvalue weighted by atomic mass is 16.5. The first-order chi connectivity index (χ1) is 10.1. The summed E-state index contributed by atoms with van der Waals surface area (Å²) < 4.78 is 5.55. The standard InChI is InChI=1S/C15H18N4O2/c1-10-5-6-18-15(13(10)14(17)20)19-7-8-21-12-4-2-3-11(16)9-12/h2-6,9H,7-8,16H2,1H3,(H2,17,20)(H,18,19). The number of aromatic nitrogens is 1. The maximum absolute atomic E-state index is 11.4. The van der Waals surface area contributed by atoms with Crippen molar-refractivity contribution in [3.63, 3.8) is 0 Å². The number of primary amides is 1. The normalized spacial score (nSPS) is 10.1. The molecule has 0 aliphatic heterocycles. The Morgan fingerprint density at radius 3 is 2.90 bits per heavy atom. The fourth-order valence-corrected chi connectivity index (χ4v) is 1.95. The van der Waals surface area contributed by atoms with Crippen LogP contribution in [0.15, 0.2) is 36.5 Å². The summed E-state index contributed by atoms with van der Waals surface area (Å²) >= 11 is 0. The molecule has 5 N–H and O–H groups in total. The van der Waals surface area contributed by atoms with Gasteiger partial charge in [-0.3, -0.25) is 4.79 Å². The Labute approximate surface area is 123 Å². The molecule has 0 fully saturated rings. The van der Waals surface area contributed by atoms with Gasteiger partial charge in [0.15, 0.2) is 0 Å². The molecule has 0 saturated carbocycles. The van der Waals surface area contributed by atoms with Gasteiger partial charge in [0, 0.05) is 18.0 Å². The predicted octanol–water partition coefficient (Wildman–Crippen LogP) is 1.56. The molecule has 1 heterocycles. The van der Waals surface area contributed by atoms with Crippen LogP contribution in [-0.2, 0) is 0 Å². The Bertz CT molecular complexity index is 643. The Balaban J connectivity index is 1.92. The third-order valence-corrected chi connectivity index (χ3v) is 2.93. The number of benzene rings is 1. The van der Waals surface area contributed by atoms with Crippen LogP contribution in [0.1, 0.15) is 15.9 Å². The molecule has 0 radical (unpaired) electrons. The second kappa shape index (κ2) is 6.60. The van der Waals surface area contributed by atoms with Gasteiger partial charge in [0.05, 0.1) is 12.1 Å². The summed E-state index contributed by atoms with van der Waals surface area (Å²) in [5.74, 6) is 0.669. The zero-order valence-corrected chi connectivity index (χ0v) is 11.8. The van der Waals surface area contributed by atoms with Crippen molar-refractivity contribution in [1.29, 1.82) is 0 Å². The Kier molecular flexibility index (Phi) is 4.61. The topological polar surface area (TPSA) is 103 Å². The molecule has 21 heavy (non-hydrogen) atoms. The largest absolute Gasteiger partial charge is 0.492 e. The number of nitrogens with one attached hydrogen (secondary N) is 1. The summed E-state index contributed by atoms with van der Waals surface area (Å²) in [5.41, 5.74) is 12.9. The van der Waals surface area contributed by atoms with Crippen molar-refractivity contribution in [2.45, 2.75) is 6.92 Å². The summed E-state index contributed by atoms with van der Waals surface area (Å²) in [5, 5.41) is 3.05. The molecule has 0 atom stereocenters. The van der Waals surface area contributed by atoms with Crippen LogP contribution in [-0.4, -0.2) is 24.0 Å². The van der Waals surface area contributed by atoms with Crippen LogP contribution in [0.5, 0.6) is 5.75 Å². The maximum Gasteiger partial charge on any atom is 0.252 e. The highest BCUT2D eigenvalue weighted by Gasteiger charge is 2.11. The molecule has 0 unspecified atom stereocenters. The number of amides is 1. The Morgan fingerprint density at radius 1 is 1.38 bits per heavy atom. The van der Waals surface area contributed by atoms with Crippen molar-refractivity contribution in [2.24, 2.45) is 5.73 Å². The number of hydrogen-bond donors (Lipinski definition) is 3.